The van der Waals surface area contributed by atoms with Crippen LogP contribution in [0.1, 0.15) is 65.3 Å². The Kier molecular flexibility index (Phi) is 14.5. The lowest BCUT2D eigenvalue weighted by molar-refractivity contribution is -0.138. The molecular weight excluding hydrogens is 887 g/mol. The van der Waals surface area contributed by atoms with Crippen molar-refractivity contribution in [3.8, 4) is 22.8 Å². The lowest BCUT2D eigenvalue weighted by Gasteiger charge is -2.35. The van der Waals surface area contributed by atoms with E-state index in [0.717, 1.165) is 35.6 Å². The summed E-state index contributed by atoms with van der Waals surface area (Å²) in [6.07, 6.45) is 4.40. The van der Waals surface area contributed by atoms with Gasteiger partial charge >= 0.3 is 0 Å². The standard InChI is InChI=1S/C49H55N11O9/c50-45-43-44(32-13-15-35(16-14-32)69-34-8-2-1-3-9-34)55-60(46(43)53-31-52-45)33-7-5-21-58(29-33)40(62)12-6-20-56-22-24-57(25-23-56)41(63)30-68-28-27-67-26-19-51-37-11-4-10-36-42(37)49(66)59(48(36)65)38-17-18-39(61)54-47(38)64/h1-4,8-11,13-16,31,33,38,51H,5-7,12,17-30H2,(H2,50,52,53)(H,54,61,64)/t33-,38?/m1/s1. The number of piperidine rings is 2. The van der Waals surface area contributed by atoms with Crippen LogP contribution in [0.2, 0.25) is 0 Å². The largest absolute Gasteiger partial charge is 0.457 e. The first-order valence-electron chi connectivity index (χ1n) is 23.5. The smallest absolute Gasteiger partial charge is 0.264 e. The Balaban J connectivity index is 0.660. The van der Waals surface area contributed by atoms with Crippen LogP contribution < -0.4 is 21.1 Å². The molecule has 0 spiro atoms. The number of rotatable bonds is 18. The van der Waals surface area contributed by atoms with Gasteiger partial charge in [0.15, 0.2) is 5.65 Å². The van der Waals surface area contributed by atoms with Gasteiger partial charge in [-0.15, -0.1) is 0 Å². The molecule has 6 amide bonds. The van der Waals surface area contributed by atoms with E-state index in [4.69, 9.17) is 25.0 Å². The monoisotopic (exact) mass is 941 g/mol. The van der Waals surface area contributed by atoms with E-state index in [0.29, 0.717) is 92.6 Å². The summed E-state index contributed by atoms with van der Waals surface area (Å²) < 4.78 is 19.2. The number of nitrogens with zero attached hydrogens (tertiary/aromatic N) is 8. The highest BCUT2D eigenvalue weighted by molar-refractivity contribution is 6.25. The third kappa shape index (κ3) is 10.6. The number of fused-ring (bicyclic) bond motifs is 2. The molecule has 0 bridgehead atoms. The minimum atomic E-state index is -1.04. The number of hydrogen-bond donors (Lipinski definition) is 3. The van der Waals surface area contributed by atoms with Gasteiger partial charge in [0, 0.05) is 69.9 Å². The van der Waals surface area contributed by atoms with Crippen molar-refractivity contribution in [2.24, 2.45) is 0 Å². The lowest BCUT2D eigenvalue weighted by Crippen LogP contribution is -2.54. The van der Waals surface area contributed by atoms with E-state index >= 15 is 0 Å². The Morgan fingerprint density at radius 2 is 1.58 bits per heavy atom. The zero-order valence-electron chi connectivity index (χ0n) is 38.2. The van der Waals surface area contributed by atoms with E-state index in [2.05, 4.69) is 25.5 Å². The topological polar surface area (TPSA) is 237 Å². The zero-order chi connectivity index (χ0) is 47.9. The van der Waals surface area contributed by atoms with Crippen LogP contribution >= 0.6 is 0 Å². The second-order valence-electron chi connectivity index (χ2n) is 17.4. The summed E-state index contributed by atoms with van der Waals surface area (Å²) in [5, 5.41) is 11.1. The van der Waals surface area contributed by atoms with Gasteiger partial charge in [-0.1, -0.05) is 24.3 Å². The second-order valence-corrected chi connectivity index (χ2v) is 17.4. The number of para-hydroxylation sites is 1. The van der Waals surface area contributed by atoms with Crippen molar-refractivity contribution in [2.75, 3.05) is 89.8 Å². The van der Waals surface area contributed by atoms with Gasteiger partial charge in [-0.25, -0.2) is 14.6 Å². The fourth-order valence-corrected chi connectivity index (χ4v) is 9.36. The number of carbonyl (C=O) groups is 6. The van der Waals surface area contributed by atoms with Crippen LogP contribution in [0.4, 0.5) is 11.5 Å². The first-order valence-corrected chi connectivity index (χ1v) is 23.5. The molecule has 20 heteroatoms. The number of aromatic nitrogens is 4. The Bertz CT molecular complexity index is 2710. The van der Waals surface area contributed by atoms with E-state index in [-0.39, 0.29) is 68.3 Å². The molecule has 3 fully saturated rings. The third-order valence-corrected chi connectivity index (χ3v) is 12.9. The van der Waals surface area contributed by atoms with Crippen molar-refractivity contribution in [2.45, 2.75) is 50.6 Å². The predicted octanol–water partition coefficient (Wildman–Crippen LogP) is 3.50. The van der Waals surface area contributed by atoms with Gasteiger partial charge in [-0.05, 0) is 80.8 Å². The average molecular weight is 942 g/mol. The molecule has 3 saturated heterocycles. The number of carbonyl (C=O) groups excluding carboxylic acids is 6. The molecule has 5 aromatic rings. The molecule has 0 radical (unpaired) electrons. The molecule has 4 aliphatic rings. The Morgan fingerprint density at radius 1 is 0.797 bits per heavy atom. The number of nitrogens with two attached hydrogens (primary N) is 1. The number of piperazine rings is 1. The first kappa shape index (κ1) is 46.8. The van der Waals surface area contributed by atoms with Crippen molar-refractivity contribution in [1.29, 1.82) is 0 Å². The van der Waals surface area contributed by atoms with Crippen molar-refractivity contribution >= 4 is 58.0 Å². The minimum Gasteiger partial charge on any atom is -0.457 e. The SMILES string of the molecule is Nc1ncnc2c1c(-c1ccc(Oc3ccccc3)cc1)nn2[C@@H]1CCCN(C(=O)CCCN2CCN(C(=O)COCCOCCNc3cccc4c3C(=O)N(C3CCC(=O)NC3=O)C4=O)CC2)C1. The third-order valence-electron chi connectivity index (χ3n) is 12.9. The van der Waals surface area contributed by atoms with Gasteiger partial charge in [0.25, 0.3) is 11.8 Å². The minimum absolute atomic E-state index is 0.0459. The molecule has 9 rings (SSSR count). The Hall–Kier alpha value is -7.29. The van der Waals surface area contributed by atoms with E-state index in [1.807, 2.05) is 64.2 Å². The molecule has 69 heavy (non-hydrogen) atoms. The molecule has 4 N–H and O–H groups in total. The van der Waals surface area contributed by atoms with Crippen molar-refractivity contribution in [1.82, 2.24) is 44.7 Å². The number of hydrogen-bond acceptors (Lipinski definition) is 15. The Labute approximate surface area is 398 Å². The lowest BCUT2D eigenvalue weighted by atomic mass is 10.0. The average Bonchev–Trinajstić information content (AvgIpc) is 3.88. The van der Waals surface area contributed by atoms with Crippen LogP contribution in [0, 0.1) is 0 Å². The maximum absolute atomic E-state index is 13.6. The molecule has 3 aromatic carbocycles. The number of benzene rings is 3. The van der Waals surface area contributed by atoms with Gasteiger partial charge < -0.3 is 35.1 Å². The van der Waals surface area contributed by atoms with Crippen LogP contribution in [0.15, 0.2) is 79.1 Å². The van der Waals surface area contributed by atoms with E-state index in [1.165, 1.54) is 12.4 Å². The summed E-state index contributed by atoms with van der Waals surface area (Å²) in [5.74, 6) is -0.439. The second kappa shape index (κ2) is 21.3. The summed E-state index contributed by atoms with van der Waals surface area (Å²) in [6.45, 7) is 5.55. The predicted molar refractivity (Wildman–Crippen MR) is 252 cm³/mol. The highest BCUT2D eigenvalue weighted by atomic mass is 16.5. The maximum atomic E-state index is 13.6. The summed E-state index contributed by atoms with van der Waals surface area (Å²) >= 11 is 0. The highest BCUT2D eigenvalue weighted by Gasteiger charge is 2.45. The van der Waals surface area contributed by atoms with Crippen LogP contribution in [-0.4, -0.2) is 160 Å². The quantitative estimate of drug-likeness (QED) is 0.0842. The molecule has 20 nitrogen and oxygen atoms in total. The van der Waals surface area contributed by atoms with Crippen LogP contribution in [0.5, 0.6) is 11.5 Å². The van der Waals surface area contributed by atoms with Gasteiger partial charge in [-0.3, -0.25) is 43.9 Å². The number of ether oxygens (including phenoxy) is 3. The fourth-order valence-electron chi connectivity index (χ4n) is 9.36. The molecular formula is C49H55N11O9. The maximum Gasteiger partial charge on any atom is 0.264 e. The number of likely N-dealkylation sites (tertiary alicyclic amines) is 1. The Morgan fingerprint density at radius 3 is 2.38 bits per heavy atom. The zero-order valence-corrected chi connectivity index (χ0v) is 38.2. The van der Waals surface area contributed by atoms with Crippen LogP contribution in [0.25, 0.3) is 22.3 Å². The summed E-state index contributed by atoms with van der Waals surface area (Å²) in [4.78, 5) is 92.7. The fraction of sp³-hybridized carbons (Fsp3) is 0.408. The van der Waals surface area contributed by atoms with Gasteiger partial charge in [0.1, 0.15) is 42.0 Å². The number of nitrogens with one attached hydrogen (secondary N) is 2. The van der Waals surface area contributed by atoms with Gasteiger partial charge in [0.2, 0.25) is 23.6 Å². The highest BCUT2D eigenvalue weighted by Crippen LogP contribution is 2.36. The van der Waals surface area contributed by atoms with Gasteiger partial charge in [0.05, 0.1) is 42.4 Å². The molecule has 1 unspecified atom stereocenters. The van der Waals surface area contributed by atoms with Crippen molar-refractivity contribution < 1.29 is 43.0 Å². The van der Waals surface area contributed by atoms with Crippen LogP contribution in [0.3, 0.4) is 0 Å². The summed E-state index contributed by atoms with van der Waals surface area (Å²) in [6, 6.07) is 21.0. The number of amides is 6. The normalized spacial score (nSPS) is 18.7. The molecule has 360 valence electrons. The van der Waals surface area contributed by atoms with E-state index in [9.17, 15) is 28.8 Å². The number of imide groups is 2. The van der Waals surface area contributed by atoms with Crippen molar-refractivity contribution in [3.63, 3.8) is 0 Å². The van der Waals surface area contributed by atoms with Crippen LogP contribution in [-0.2, 0) is 28.7 Å². The number of nitrogen functional groups attached to an aromatic ring is 1. The molecule has 0 saturated carbocycles. The molecule has 6 heterocycles. The molecule has 4 aliphatic heterocycles. The summed E-state index contributed by atoms with van der Waals surface area (Å²) in [7, 11) is 0. The summed E-state index contributed by atoms with van der Waals surface area (Å²) in [5.41, 5.74) is 9.41. The molecule has 2 aromatic heterocycles. The van der Waals surface area contributed by atoms with E-state index in [1.54, 1.807) is 17.0 Å². The molecule has 2 atom stereocenters. The van der Waals surface area contributed by atoms with E-state index < -0.39 is 29.7 Å². The van der Waals surface area contributed by atoms with Gasteiger partial charge in [-0.2, -0.15) is 5.10 Å². The molecule has 0 aliphatic carbocycles. The number of anilines is 2. The first-order chi connectivity index (χ1) is 33.6. The van der Waals surface area contributed by atoms with Crippen molar-refractivity contribution in [3.05, 3.63) is 90.3 Å².